The first kappa shape index (κ1) is 11.1. The van der Waals surface area contributed by atoms with Crippen molar-refractivity contribution in [3.8, 4) is 0 Å². The lowest BCUT2D eigenvalue weighted by Crippen LogP contribution is -2.33. The second-order valence-corrected chi connectivity index (χ2v) is 5.85. The molecule has 90 valence electrons. The number of thioether (sulfide) groups is 1. The number of carbonyl (C=O) groups is 1. The fourth-order valence-corrected chi connectivity index (χ4v) is 3.42. The van der Waals surface area contributed by atoms with Crippen LogP contribution in [0, 0.1) is 0 Å². The molecule has 0 bridgehead atoms. The van der Waals surface area contributed by atoms with Crippen LogP contribution in [-0.4, -0.2) is 22.9 Å². The van der Waals surface area contributed by atoms with E-state index in [1.165, 1.54) is 24.0 Å². The molecule has 1 saturated heterocycles. The van der Waals surface area contributed by atoms with Gasteiger partial charge in [-0.3, -0.25) is 10.1 Å². The van der Waals surface area contributed by atoms with Crippen molar-refractivity contribution in [3.05, 3.63) is 35.4 Å². The Morgan fingerprint density at radius 2 is 2.12 bits per heavy atom. The SMILES string of the molecule is O=C(O)[C@@H]1CSC(c2cccc(C3CC3)c2)N1. The lowest BCUT2D eigenvalue weighted by Gasteiger charge is -2.12. The second kappa shape index (κ2) is 4.35. The largest absolute Gasteiger partial charge is 0.480 e. The number of hydrogen-bond donors (Lipinski definition) is 2. The molecule has 2 N–H and O–H groups in total. The predicted molar refractivity (Wildman–Crippen MR) is 68.2 cm³/mol. The first-order valence-electron chi connectivity index (χ1n) is 5.94. The number of carboxylic acids is 1. The third-order valence-corrected chi connectivity index (χ3v) is 4.61. The highest BCUT2D eigenvalue weighted by Gasteiger charge is 2.31. The minimum absolute atomic E-state index is 0.134. The minimum atomic E-state index is -0.752. The molecule has 1 unspecified atom stereocenters. The van der Waals surface area contributed by atoms with Crippen LogP contribution in [0.15, 0.2) is 24.3 Å². The van der Waals surface area contributed by atoms with E-state index in [9.17, 15) is 4.79 Å². The molecular weight excluding hydrogens is 234 g/mol. The van der Waals surface area contributed by atoms with Crippen LogP contribution in [0.1, 0.15) is 35.3 Å². The molecule has 1 aliphatic carbocycles. The van der Waals surface area contributed by atoms with E-state index in [1.807, 2.05) is 0 Å². The lowest BCUT2D eigenvalue weighted by molar-refractivity contribution is -0.138. The van der Waals surface area contributed by atoms with Crippen LogP contribution in [0.25, 0.3) is 0 Å². The van der Waals surface area contributed by atoms with Crippen molar-refractivity contribution >= 4 is 17.7 Å². The van der Waals surface area contributed by atoms with Crippen LogP contribution in [-0.2, 0) is 4.79 Å². The molecule has 0 amide bonds. The van der Waals surface area contributed by atoms with E-state index in [0.29, 0.717) is 5.75 Å². The summed E-state index contributed by atoms with van der Waals surface area (Å²) in [5, 5.41) is 12.2. The van der Waals surface area contributed by atoms with Gasteiger partial charge in [-0.15, -0.1) is 11.8 Å². The summed E-state index contributed by atoms with van der Waals surface area (Å²) in [7, 11) is 0. The molecule has 0 spiro atoms. The summed E-state index contributed by atoms with van der Waals surface area (Å²) >= 11 is 1.68. The average Bonchev–Trinajstić information content (AvgIpc) is 3.06. The van der Waals surface area contributed by atoms with Gasteiger partial charge in [-0.05, 0) is 29.9 Å². The number of carboxylic acid groups (broad SMARTS) is 1. The summed E-state index contributed by atoms with van der Waals surface area (Å²) < 4.78 is 0. The highest BCUT2D eigenvalue weighted by molar-refractivity contribution is 7.99. The summed E-state index contributed by atoms with van der Waals surface area (Å²) in [6.07, 6.45) is 2.60. The maximum atomic E-state index is 10.9. The molecule has 1 saturated carbocycles. The Balaban J connectivity index is 1.76. The molecule has 3 rings (SSSR count). The molecule has 17 heavy (non-hydrogen) atoms. The van der Waals surface area contributed by atoms with Crippen molar-refractivity contribution in [2.24, 2.45) is 0 Å². The van der Waals surface area contributed by atoms with Crippen LogP contribution in [0.2, 0.25) is 0 Å². The van der Waals surface area contributed by atoms with Crippen LogP contribution in [0.5, 0.6) is 0 Å². The number of benzene rings is 1. The number of rotatable bonds is 3. The van der Waals surface area contributed by atoms with Crippen LogP contribution >= 0.6 is 11.8 Å². The van der Waals surface area contributed by atoms with E-state index in [1.54, 1.807) is 11.8 Å². The zero-order valence-electron chi connectivity index (χ0n) is 9.43. The third kappa shape index (κ3) is 2.33. The molecule has 3 nitrogen and oxygen atoms in total. The van der Waals surface area contributed by atoms with Crippen molar-refractivity contribution < 1.29 is 9.90 Å². The molecule has 0 aromatic heterocycles. The maximum Gasteiger partial charge on any atom is 0.321 e. The summed E-state index contributed by atoms with van der Waals surface area (Å²) in [5.41, 5.74) is 2.62. The third-order valence-electron chi connectivity index (χ3n) is 3.34. The fourth-order valence-electron chi connectivity index (χ4n) is 2.20. The van der Waals surface area contributed by atoms with Crippen LogP contribution < -0.4 is 5.32 Å². The molecule has 1 heterocycles. The average molecular weight is 249 g/mol. The van der Waals surface area contributed by atoms with Crippen LogP contribution in [0.3, 0.4) is 0 Å². The zero-order chi connectivity index (χ0) is 11.8. The minimum Gasteiger partial charge on any atom is -0.480 e. The van der Waals surface area contributed by atoms with E-state index < -0.39 is 12.0 Å². The van der Waals surface area contributed by atoms with Crippen LogP contribution in [0.4, 0.5) is 0 Å². The number of nitrogens with one attached hydrogen (secondary N) is 1. The molecule has 1 aliphatic heterocycles. The van der Waals surface area contributed by atoms with Gasteiger partial charge >= 0.3 is 5.97 Å². The molecular formula is C13H15NO2S. The van der Waals surface area contributed by atoms with Crippen molar-refractivity contribution in [3.63, 3.8) is 0 Å². The Hall–Kier alpha value is -1.00. The first-order valence-corrected chi connectivity index (χ1v) is 6.99. The topological polar surface area (TPSA) is 49.3 Å². The van der Waals surface area contributed by atoms with Gasteiger partial charge in [0.05, 0.1) is 5.37 Å². The molecule has 0 radical (unpaired) electrons. The first-order chi connectivity index (χ1) is 8.24. The highest BCUT2D eigenvalue weighted by atomic mass is 32.2. The van der Waals surface area contributed by atoms with Crippen molar-refractivity contribution in [1.82, 2.24) is 5.32 Å². The maximum absolute atomic E-state index is 10.9. The fraction of sp³-hybridized carbons (Fsp3) is 0.462. The molecule has 2 aliphatic rings. The highest BCUT2D eigenvalue weighted by Crippen LogP contribution is 2.42. The zero-order valence-corrected chi connectivity index (χ0v) is 10.2. The molecule has 1 aromatic rings. The van der Waals surface area contributed by atoms with Gasteiger partial charge in [-0.25, -0.2) is 0 Å². The molecule has 2 fully saturated rings. The molecule has 1 aromatic carbocycles. The van der Waals surface area contributed by atoms with Gasteiger partial charge < -0.3 is 5.11 Å². The standard InChI is InChI=1S/C13H15NO2S/c15-13(16)11-7-17-12(14-11)10-3-1-2-9(6-10)8-4-5-8/h1-3,6,8,11-12,14H,4-5,7H2,(H,15,16)/t11-,12?/m0/s1. The van der Waals surface area contributed by atoms with Crippen molar-refractivity contribution in [2.45, 2.75) is 30.2 Å². The van der Waals surface area contributed by atoms with Gasteiger partial charge in [0.2, 0.25) is 0 Å². The van der Waals surface area contributed by atoms with E-state index >= 15 is 0 Å². The summed E-state index contributed by atoms with van der Waals surface area (Å²) in [5.74, 6) is 0.642. The lowest BCUT2D eigenvalue weighted by atomic mass is 10.1. The van der Waals surface area contributed by atoms with Gasteiger partial charge in [0.15, 0.2) is 0 Å². The number of hydrogen-bond acceptors (Lipinski definition) is 3. The smallest absolute Gasteiger partial charge is 0.321 e. The van der Waals surface area contributed by atoms with E-state index in [-0.39, 0.29) is 5.37 Å². The summed E-state index contributed by atoms with van der Waals surface area (Å²) in [4.78, 5) is 10.9. The monoisotopic (exact) mass is 249 g/mol. The van der Waals surface area contributed by atoms with E-state index in [0.717, 1.165) is 5.92 Å². The van der Waals surface area contributed by atoms with E-state index in [4.69, 9.17) is 5.11 Å². The Labute approximate surface area is 105 Å². The summed E-state index contributed by atoms with van der Waals surface area (Å²) in [6, 6.07) is 8.16. The molecule has 2 atom stereocenters. The van der Waals surface area contributed by atoms with Gasteiger partial charge in [-0.2, -0.15) is 0 Å². The van der Waals surface area contributed by atoms with Gasteiger partial charge in [0, 0.05) is 5.75 Å². The summed E-state index contributed by atoms with van der Waals surface area (Å²) in [6.45, 7) is 0. The van der Waals surface area contributed by atoms with Gasteiger partial charge in [0.1, 0.15) is 6.04 Å². The Morgan fingerprint density at radius 3 is 2.76 bits per heavy atom. The van der Waals surface area contributed by atoms with Gasteiger partial charge in [-0.1, -0.05) is 24.3 Å². The van der Waals surface area contributed by atoms with Gasteiger partial charge in [0.25, 0.3) is 0 Å². The Bertz CT molecular complexity index is 445. The number of aliphatic carboxylic acids is 1. The quantitative estimate of drug-likeness (QED) is 0.863. The molecule has 4 heteroatoms. The second-order valence-electron chi connectivity index (χ2n) is 4.72. The van der Waals surface area contributed by atoms with Crippen molar-refractivity contribution in [1.29, 1.82) is 0 Å². The predicted octanol–water partition coefficient (Wildman–Crippen LogP) is 2.35. The Morgan fingerprint density at radius 1 is 1.35 bits per heavy atom. The van der Waals surface area contributed by atoms with Crippen molar-refractivity contribution in [2.75, 3.05) is 5.75 Å². The Kier molecular flexibility index (Phi) is 2.84. The van der Waals surface area contributed by atoms with E-state index in [2.05, 4.69) is 29.6 Å². The normalized spacial score (nSPS) is 28.2.